The van der Waals surface area contributed by atoms with E-state index in [4.69, 9.17) is 10.00 Å². The second kappa shape index (κ2) is 7.50. The van der Waals surface area contributed by atoms with Crippen LogP contribution in [0.4, 0.5) is 4.79 Å². The van der Waals surface area contributed by atoms with Crippen molar-refractivity contribution in [2.24, 2.45) is 0 Å². The van der Waals surface area contributed by atoms with E-state index in [-0.39, 0.29) is 18.5 Å². The first kappa shape index (κ1) is 18.5. The highest BCUT2D eigenvalue weighted by Crippen LogP contribution is 2.25. The average molecular weight is 363 g/mol. The molecule has 27 heavy (non-hydrogen) atoms. The van der Waals surface area contributed by atoms with Gasteiger partial charge in [0.1, 0.15) is 11.3 Å². The summed E-state index contributed by atoms with van der Waals surface area (Å²) in [7, 11) is 1.62. The molecule has 2 aromatic carbocycles. The van der Waals surface area contributed by atoms with Crippen LogP contribution in [-0.4, -0.2) is 29.5 Å². The highest BCUT2D eigenvalue weighted by atomic mass is 16.5. The van der Waals surface area contributed by atoms with Crippen molar-refractivity contribution in [1.29, 1.82) is 5.26 Å². The molecule has 1 aliphatic rings. The van der Waals surface area contributed by atoms with Crippen LogP contribution in [-0.2, 0) is 17.8 Å². The molecule has 1 saturated heterocycles. The maximum absolute atomic E-state index is 12.9. The van der Waals surface area contributed by atoms with E-state index in [1.807, 2.05) is 24.3 Å². The van der Waals surface area contributed by atoms with Crippen molar-refractivity contribution in [2.45, 2.75) is 31.8 Å². The van der Waals surface area contributed by atoms with Gasteiger partial charge in [-0.2, -0.15) is 5.26 Å². The molecule has 1 heterocycles. The molecule has 3 rings (SSSR count). The van der Waals surface area contributed by atoms with Crippen LogP contribution >= 0.6 is 0 Å². The summed E-state index contributed by atoms with van der Waals surface area (Å²) in [6.07, 6.45) is 1.17. The van der Waals surface area contributed by atoms with Gasteiger partial charge in [0.05, 0.1) is 25.3 Å². The van der Waals surface area contributed by atoms with Gasteiger partial charge >= 0.3 is 6.03 Å². The van der Waals surface area contributed by atoms with Crippen LogP contribution < -0.4 is 10.1 Å². The zero-order chi connectivity index (χ0) is 19.4. The SMILES string of the molecule is COc1ccc(CCC2(C)NC(=O)N(Cc3ccc(C#N)cc3)C2=O)cc1. The lowest BCUT2D eigenvalue weighted by atomic mass is 9.93. The molecule has 1 N–H and O–H groups in total. The maximum atomic E-state index is 12.9. The molecule has 0 aliphatic carbocycles. The monoisotopic (exact) mass is 363 g/mol. The summed E-state index contributed by atoms with van der Waals surface area (Å²) in [5.41, 5.74) is 1.49. The van der Waals surface area contributed by atoms with Gasteiger partial charge in [0.2, 0.25) is 0 Å². The third kappa shape index (κ3) is 3.93. The lowest BCUT2D eigenvalue weighted by molar-refractivity contribution is -0.131. The number of urea groups is 1. The first-order valence-corrected chi connectivity index (χ1v) is 8.71. The molecule has 138 valence electrons. The molecule has 6 heteroatoms. The summed E-state index contributed by atoms with van der Waals surface area (Å²) in [6.45, 7) is 1.95. The van der Waals surface area contributed by atoms with Crippen molar-refractivity contribution < 1.29 is 14.3 Å². The summed E-state index contributed by atoms with van der Waals surface area (Å²) in [5, 5.41) is 11.7. The third-order valence-electron chi connectivity index (χ3n) is 4.84. The van der Waals surface area contributed by atoms with E-state index in [9.17, 15) is 9.59 Å². The van der Waals surface area contributed by atoms with E-state index in [1.165, 1.54) is 4.90 Å². The Labute approximate surface area is 158 Å². The molecule has 2 aromatic rings. The number of nitrogens with one attached hydrogen (secondary N) is 1. The molecule has 3 amide bonds. The van der Waals surface area contributed by atoms with Gasteiger partial charge in [-0.15, -0.1) is 0 Å². The first-order valence-electron chi connectivity index (χ1n) is 8.71. The number of carbonyl (C=O) groups is 2. The van der Waals surface area contributed by atoms with Crippen molar-refractivity contribution in [3.05, 3.63) is 65.2 Å². The third-order valence-corrected chi connectivity index (χ3v) is 4.84. The molecule has 0 radical (unpaired) electrons. The standard InChI is InChI=1S/C21H21N3O3/c1-21(12-11-15-7-9-18(27-2)10-8-15)19(25)24(20(26)23-21)14-17-5-3-16(13-22)4-6-17/h3-10H,11-12,14H2,1-2H3,(H,23,26). The Hall–Kier alpha value is -3.33. The van der Waals surface area contributed by atoms with Crippen LogP contribution in [0.15, 0.2) is 48.5 Å². The van der Waals surface area contributed by atoms with E-state index in [0.717, 1.165) is 16.9 Å². The predicted octanol–water partition coefficient (Wildman–Crippen LogP) is 3.01. The molecule has 0 bridgehead atoms. The van der Waals surface area contributed by atoms with Gasteiger partial charge in [0.15, 0.2) is 0 Å². The number of hydrogen-bond donors (Lipinski definition) is 1. The van der Waals surface area contributed by atoms with Gasteiger partial charge in [-0.25, -0.2) is 4.79 Å². The normalized spacial score (nSPS) is 18.9. The number of nitriles is 1. The van der Waals surface area contributed by atoms with Crippen LogP contribution in [0, 0.1) is 11.3 Å². The molecular formula is C21H21N3O3. The molecule has 6 nitrogen and oxygen atoms in total. The van der Waals surface area contributed by atoms with Crippen molar-refractivity contribution >= 4 is 11.9 Å². The smallest absolute Gasteiger partial charge is 0.325 e. The quantitative estimate of drug-likeness (QED) is 0.800. The van der Waals surface area contributed by atoms with Gasteiger partial charge in [-0.1, -0.05) is 24.3 Å². The van der Waals surface area contributed by atoms with Gasteiger partial charge in [0.25, 0.3) is 5.91 Å². The summed E-state index contributed by atoms with van der Waals surface area (Å²) in [6, 6.07) is 16.2. The number of nitrogens with zero attached hydrogens (tertiary/aromatic N) is 2. The molecule has 1 unspecified atom stereocenters. The highest BCUT2D eigenvalue weighted by molar-refractivity contribution is 6.06. The molecule has 1 aliphatic heterocycles. The number of methoxy groups -OCH3 is 1. The zero-order valence-electron chi connectivity index (χ0n) is 15.4. The van der Waals surface area contributed by atoms with Gasteiger partial charge in [0, 0.05) is 0 Å². The summed E-state index contributed by atoms with van der Waals surface area (Å²) >= 11 is 0. The first-order chi connectivity index (χ1) is 12.9. The number of imide groups is 1. The number of carbonyl (C=O) groups excluding carboxylic acids is 2. The highest BCUT2D eigenvalue weighted by Gasteiger charge is 2.47. The number of ether oxygens (including phenoxy) is 1. The van der Waals surface area contributed by atoms with Gasteiger partial charge < -0.3 is 10.1 Å². The Morgan fingerprint density at radius 3 is 2.30 bits per heavy atom. The molecule has 1 fully saturated rings. The number of rotatable bonds is 6. The summed E-state index contributed by atoms with van der Waals surface area (Å²) in [5.74, 6) is 0.550. The van der Waals surface area contributed by atoms with E-state index in [1.54, 1.807) is 38.3 Å². The number of benzene rings is 2. The fourth-order valence-electron chi connectivity index (χ4n) is 3.11. The van der Waals surface area contributed by atoms with E-state index < -0.39 is 5.54 Å². The minimum Gasteiger partial charge on any atom is -0.497 e. The van der Waals surface area contributed by atoms with Crippen LogP contribution in [0.1, 0.15) is 30.0 Å². The summed E-state index contributed by atoms with van der Waals surface area (Å²) < 4.78 is 5.15. The predicted molar refractivity (Wildman–Crippen MR) is 100.0 cm³/mol. The average Bonchev–Trinajstić information content (AvgIpc) is 2.91. The van der Waals surface area contributed by atoms with Crippen molar-refractivity contribution in [2.75, 3.05) is 7.11 Å². The zero-order valence-corrected chi connectivity index (χ0v) is 15.4. The maximum Gasteiger partial charge on any atom is 0.325 e. The molecule has 1 atom stereocenters. The largest absolute Gasteiger partial charge is 0.497 e. The lowest BCUT2D eigenvalue weighted by Crippen LogP contribution is -2.44. The Morgan fingerprint density at radius 1 is 1.07 bits per heavy atom. The van der Waals surface area contributed by atoms with Gasteiger partial charge in [-0.05, 0) is 55.2 Å². The van der Waals surface area contributed by atoms with Crippen LogP contribution in [0.2, 0.25) is 0 Å². The Bertz CT molecular complexity index is 884. The van der Waals surface area contributed by atoms with Crippen LogP contribution in [0.3, 0.4) is 0 Å². The van der Waals surface area contributed by atoms with E-state index >= 15 is 0 Å². The van der Waals surface area contributed by atoms with Crippen molar-refractivity contribution in [1.82, 2.24) is 10.2 Å². The summed E-state index contributed by atoms with van der Waals surface area (Å²) in [4.78, 5) is 26.4. The number of aryl methyl sites for hydroxylation is 1. The van der Waals surface area contributed by atoms with Crippen molar-refractivity contribution in [3.63, 3.8) is 0 Å². The molecule has 0 aromatic heterocycles. The lowest BCUT2D eigenvalue weighted by Gasteiger charge is -2.21. The Kier molecular flexibility index (Phi) is 5.13. The second-order valence-electron chi connectivity index (χ2n) is 6.81. The molecule has 0 spiro atoms. The molecular weight excluding hydrogens is 342 g/mol. The fraction of sp³-hybridized carbons (Fsp3) is 0.286. The number of hydrogen-bond acceptors (Lipinski definition) is 4. The Morgan fingerprint density at radius 2 is 1.70 bits per heavy atom. The number of amides is 3. The Balaban J connectivity index is 1.66. The van der Waals surface area contributed by atoms with E-state index in [0.29, 0.717) is 18.4 Å². The van der Waals surface area contributed by atoms with Crippen LogP contribution in [0.25, 0.3) is 0 Å². The topological polar surface area (TPSA) is 82.4 Å². The van der Waals surface area contributed by atoms with E-state index in [2.05, 4.69) is 11.4 Å². The fourth-order valence-corrected chi connectivity index (χ4v) is 3.11. The minimum absolute atomic E-state index is 0.189. The van der Waals surface area contributed by atoms with Crippen LogP contribution in [0.5, 0.6) is 5.75 Å². The molecule has 0 saturated carbocycles. The minimum atomic E-state index is -0.927. The van der Waals surface area contributed by atoms with Crippen molar-refractivity contribution in [3.8, 4) is 11.8 Å². The second-order valence-corrected chi connectivity index (χ2v) is 6.81. The van der Waals surface area contributed by atoms with Gasteiger partial charge in [-0.3, -0.25) is 9.69 Å².